The fourth-order valence-corrected chi connectivity index (χ4v) is 6.39. The van der Waals surface area contributed by atoms with Crippen LogP contribution in [-0.4, -0.2) is 26.9 Å². The van der Waals surface area contributed by atoms with Gasteiger partial charge in [-0.2, -0.15) is 0 Å². The lowest BCUT2D eigenvalue weighted by molar-refractivity contribution is -0.134. The molecule has 1 aliphatic rings. The minimum atomic E-state index is -0.720. The van der Waals surface area contributed by atoms with Crippen molar-refractivity contribution in [2.75, 3.05) is 6.54 Å². The molecule has 5 aromatic rings. The molecule has 45 heavy (non-hydrogen) atoms. The van der Waals surface area contributed by atoms with Gasteiger partial charge in [0.25, 0.3) is 5.56 Å². The zero-order chi connectivity index (χ0) is 31.4. The van der Waals surface area contributed by atoms with Crippen LogP contribution < -0.4 is 5.56 Å². The first-order valence-electron chi connectivity index (χ1n) is 15.4. The van der Waals surface area contributed by atoms with Crippen LogP contribution in [0.5, 0.6) is 0 Å². The SMILES string of the molecule is CC(c1nc2ccccc2c(=O)n1C1(C)C=CC(Cl)=CC1)N(CCc1ccccc1)C(=O)C(c1ccccc1)c1ccccc1. The van der Waals surface area contributed by atoms with E-state index in [0.717, 1.165) is 16.7 Å². The van der Waals surface area contributed by atoms with Crippen molar-refractivity contribution in [2.24, 2.45) is 0 Å². The second-order valence-corrected chi connectivity index (χ2v) is 12.2. The van der Waals surface area contributed by atoms with Gasteiger partial charge in [-0.05, 0) is 61.6 Å². The van der Waals surface area contributed by atoms with E-state index < -0.39 is 17.5 Å². The molecule has 1 aliphatic carbocycles. The van der Waals surface area contributed by atoms with E-state index in [2.05, 4.69) is 12.1 Å². The molecule has 0 N–H and O–H groups in total. The molecule has 0 aliphatic heterocycles. The summed E-state index contributed by atoms with van der Waals surface area (Å²) in [6, 6.07) is 36.9. The van der Waals surface area contributed by atoms with Gasteiger partial charge in [0, 0.05) is 11.6 Å². The molecule has 0 saturated heterocycles. The maximum atomic E-state index is 15.0. The van der Waals surface area contributed by atoms with Crippen LogP contribution in [-0.2, 0) is 16.8 Å². The topological polar surface area (TPSA) is 55.2 Å². The van der Waals surface area contributed by atoms with Gasteiger partial charge in [-0.1, -0.05) is 127 Å². The smallest absolute Gasteiger partial charge is 0.262 e. The summed E-state index contributed by atoms with van der Waals surface area (Å²) in [5.74, 6) is -0.0335. The average molecular weight is 614 g/mol. The molecule has 1 amide bonds. The van der Waals surface area contributed by atoms with Crippen LogP contribution >= 0.6 is 11.6 Å². The number of nitrogens with zero attached hydrogens (tertiary/aromatic N) is 3. The highest BCUT2D eigenvalue weighted by atomic mass is 35.5. The Morgan fingerprint density at radius 2 is 1.47 bits per heavy atom. The Morgan fingerprint density at radius 3 is 2.07 bits per heavy atom. The van der Waals surface area contributed by atoms with Crippen LogP contribution in [0.2, 0.25) is 0 Å². The summed E-state index contributed by atoms with van der Waals surface area (Å²) < 4.78 is 1.78. The molecule has 2 atom stereocenters. The van der Waals surface area contributed by atoms with E-state index in [1.165, 1.54) is 0 Å². The third kappa shape index (κ3) is 6.27. The van der Waals surface area contributed by atoms with Gasteiger partial charge < -0.3 is 4.90 Å². The second-order valence-electron chi connectivity index (χ2n) is 11.8. The van der Waals surface area contributed by atoms with Gasteiger partial charge in [0.15, 0.2) is 0 Å². The molecule has 226 valence electrons. The first-order valence-corrected chi connectivity index (χ1v) is 15.7. The number of aromatic nitrogens is 2. The zero-order valence-electron chi connectivity index (χ0n) is 25.5. The lowest BCUT2D eigenvalue weighted by Crippen LogP contribution is -2.45. The van der Waals surface area contributed by atoms with Crippen LogP contribution in [0.1, 0.15) is 54.7 Å². The summed E-state index contributed by atoms with van der Waals surface area (Å²) in [4.78, 5) is 36.4. The normalized spacial score (nSPS) is 16.8. The molecule has 0 spiro atoms. The van der Waals surface area contributed by atoms with Gasteiger partial charge in [-0.3, -0.25) is 14.2 Å². The summed E-state index contributed by atoms with van der Waals surface area (Å²) in [6.45, 7) is 4.45. The van der Waals surface area contributed by atoms with Crippen molar-refractivity contribution in [1.82, 2.24) is 14.5 Å². The number of carbonyl (C=O) groups excluding carboxylic acids is 1. The Hall–Kier alpha value is -4.74. The van der Waals surface area contributed by atoms with Crippen LogP contribution in [0.25, 0.3) is 10.9 Å². The van der Waals surface area contributed by atoms with Crippen molar-refractivity contribution in [3.63, 3.8) is 0 Å². The summed E-state index contributed by atoms with van der Waals surface area (Å²) in [6.07, 6.45) is 6.91. The monoisotopic (exact) mass is 613 g/mol. The predicted molar refractivity (Wildman–Crippen MR) is 182 cm³/mol. The van der Waals surface area contributed by atoms with Crippen molar-refractivity contribution in [2.45, 2.75) is 44.2 Å². The molecule has 0 radical (unpaired) electrons. The highest BCUT2D eigenvalue weighted by Crippen LogP contribution is 2.35. The van der Waals surface area contributed by atoms with Gasteiger partial charge in [0.05, 0.1) is 28.4 Å². The van der Waals surface area contributed by atoms with E-state index in [1.807, 2.05) is 140 Å². The standard InChI is InChI=1S/C39H36ClN3O2/c1-28(36-41-34-21-13-12-20-33(34)37(44)43(36)39(2)25-22-32(40)23-26-39)42(27-24-29-14-6-3-7-15-29)38(45)35(30-16-8-4-9-17-30)31-18-10-5-11-19-31/h3-23,25,28,35H,24,26-27H2,1-2H3. The summed E-state index contributed by atoms with van der Waals surface area (Å²) in [5.41, 5.74) is 2.70. The minimum absolute atomic E-state index is 0.0444. The molecule has 4 aromatic carbocycles. The maximum Gasteiger partial charge on any atom is 0.262 e. The molecular weight excluding hydrogens is 578 g/mol. The van der Waals surface area contributed by atoms with Crippen molar-refractivity contribution in [1.29, 1.82) is 0 Å². The first kappa shape index (κ1) is 30.3. The predicted octanol–water partition coefficient (Wildman–Crippen LogP) is 8.16. The molecule has 1 heterocycles. The third-order valence-electron chi connectivity index (χ3n) is 8.75. The molecule has 2 unspecified atom stereocenters. The summed E-state index contributed by atoms with van der Waals surface area (Å²) >= 11 is 6.33. The number of allylic oxidation sites excluding steroid dienone is 4. The highest BCUT2D eigenvalue weighted by Gasteiger charge is 2.36. The van der Waals surface area contributed by atoms with E-state index in [-0.39, 0.29) is 11.5 Å². The molecule has 6 heteroatoms. The lowest BCUT2D eigenvalue weighted by Gasteiger charge is -2.38. The zero-order valence-corrected chi connectivity index (χ0v) is 26.3. The van der Waals surface area contributed by atoms with Crippen LogP contribution in [0, 0.1) is 0 Å². The number of hydrogen-bond acceptors (Lipinski definition) is 3. The van der Waals surface area contributed by atoms with Crippen molar-refractivity contribution >= 4 is 28.4 Å². The number of halogens is 1. The average Bonchev–Trinajstić information content (AvgIpc) is 3.07. The molecule has 0 fully saturated rings. The number of fused-ring (bicyclic) bond motifs is 1. The van der Waals surface area contributed by atoms with E-state index >= 15 is 4.79 Å². The van der Waals surface area contributed by atoms with Crippen molar-refractivity contribution in [3.05, 3.63) is 171 Å². The van der Waals surface area contributed by atoms with Gasteiger partial charge in [0.2, 0.25) is 5.91 Å². The van der Waals surface area contributed by atoms with Gasteiger partial charge >= 0.3 is 0 Å². The van der Waals surface area contributed by atoms with Crippen LogP contribution in [0.3, 0.4) is 0 Å². The summed E-state index contributed by atoms with van der Waals surface area (Å²) in [7, 11) is 0. The number of hydrogen-bond donors (Lipinski definition) is 0. The minimum Gasteiger partial charge on any atom is -0.332 e. The molecular formula is C39H36ClN3O2. The Labute approximate surface area is 269 Å². The Balaban J connectivity index is 1.52. The first-order chi connectivity index (χ1) is 21.9. The molecule has 0 bridgehead atoms. The third-order valence-corrected chi connectivity index (χ3v) is 9.03. The lowest BCUT2D eigenvalue weighted by atomic mass is 9.89. The van der Waals surface area contributed by atoms with E-state index in [0.29, 0.717) is 41.1 Å². The van der Waals surface area contributed by atoms with Gasteiger partial charge in [0.1, 0.15) is 5.82 Å². The van der Waals surface area contributed by atoms with Gasteiger partial charge in [-0.15, -0.1) is 0 Å². The van der Waals surface area contributed by atoms with Crippen LogP contribution in [0.15, 0.2) is 143 Å². The Morgan fingerprint density at radius 1 is 0.889 bits per heavy atom. The van der Waals surface area contributed by atoms with Crippen LogP contribution in [0.4, 0.5) is 0 Å². The van der Waals surface area contributed by atoms with Gasteiger partial charge in [-0.25, -0.2) is 4.98 Å². The Bertz CT molecular complexity index is 1880. The van der Waals surface area contributed by atoms with Crippen molar-refractivity contribution in [3.8, 4) is 0 Å². The van der Waals surface area contributed by atoms with E-state index in [9.17, 15) is 4.79 Å². The number of para-hydroxylation sites is 1. The maximum absolute atomic E-state index is 15.0. The van der Waals surface area contributed by atoms with Crippen molar-refractivity contribution < 1.29 is 4.79 Å². The number of amides is 1. The fraction of sp³-hybridized carbons (Fsp3) is 0.205. The molecule has 1 aromatic heterocycles. The molecule has 0 saturated carbocycles. The fourth-order valence-electron chi connectivity index (χ4n) is 6.25. The summed E-state index contributed by atoms with van der Waals surface area (Å²) in [5, 5.41) is 1.18. The van der Waals surface area contributed by atoms with E-state index in [1.54, 1.807) is 4.57 Å². The van der Waals surface area contributed by atoms with E-state index in [4.69, 9.17) is 16.6 Å². The quantitative estimate of drug-likeness (QED) is 0.169. The highest BCUT2D eigenvalue weighted by molar-refractivity contribution is 6.31. The Kier molecular flexibility index (Phi) is 8.81. The number of benzene rings is 4. The number of carbonyl (C=O) groups is 1. The molecule has 6 rings (SSSR count). The molecule has 5 nitrogen and oxygen atoms in total. The second kappa shape index (κ2) is 13.1. The largest absolute Gasteiger partial charge is 0.332 e. The number of rotatable bonds is 9.